The molecule has 3 aromatic carbocycles. The number of carbonyl (C=O) groups excluding carboxylic acids is 1. The highest BCUT2D eigenvalue weighted by molar-refractivity contribution is 5.84. The first kappa shape index (κ1) is 18.2. The second kappa shape index (κ2) is 9.77. The van der Waals surface area contributed by atoms with Crippen LogP contribution in [0.3, 0.4) is 0 Å². The zero-order valence-electron chi connectivity index (χ0n) is 14.8. The summed E-state index contributed by atoms with van der Waals surface area (Å²) in [6, 6.07) is 27.1. The summed E-state index contributed by atoms with van der Waals surface area (Å²) in [6.45, 7) is 0.687. The Balaban J connectivity index is 1.41. The van der Waals surface area contributed by atoms with E-state index in [-0.39, 0.29) is 12.5 Å². The van der Waals surface area contributed by atoms with Gasteiger partial charge in [0.2, 0.25) is 0 Å². The zero-order valence-corrected chi connectivity index (χ0v) is 14.8. The largest absolute Gasteiger partial charge is 0.489 e. The summed E-state index contributed by atoms with van der Waals surface area (Å²) in [7, 11) is 0. The summed E-state index contributed by atoms with van der Waals surface area (Å²) in [4.78, 5) is 11.8. The van der Waals surface area contributed by atoms with Crippen LogP contribution < -0.4 is 15.5 Å². The number of nitrogens with one attached hydrogen (secondary N) is 2. The fourth-order valence-electron chi connectivity index (χ4n) is 2.35. The second-order valence-electron chi connectivity index (χ2n) is 5.86. The Morgan fingerprint density at radius 1 is 0.889 bits per heavy atom. The van der Waals surface area contributed by atoms with E-state index in [0.29, 0.717) is 6.61 Å². The number of carbonyl (C=O) groups is 1. The van der Waals surface area contributed by atoms with Crippen LogP contribution in [0.1, 0.15) is 11.1 Å². The van der Waals surface area contributed by atoms with Crippen molar-refractivity contribution in [3.05, 3.63) is 96.1 Å². The van der Waals surface area contributed by atoms with Crippen molar-refractivity contribution in [1.82, 2.24) is 5.43 Å². The molecule has 5 heteroatoms. The Labute approximate surface area is 158 Å². The molecule has 0 saturated heterocycles. The second-order valence-corrected chi connectivity index (χ2v) is 5.86. The summed E-state index contributed by atoms with van der Waals surface area (Å²) in [6.07, 6.45) is 1.60. The Bertz CT molecular complexity index is 863. The van der Waals surface area contributed by atoms with Crippen molar-refractivity contribution in [2.75, 3.05) is 11.9 Å². The molecule has 136 valence electrons. The number of amides is 1. The molecular weight excluding hydrogens is 338 g/mol. The SMILES string of the molecule is O=C(CNc1ccccc1)N/N=C\c1ccc(OCc2ccccc2)cc1. The molecule has 0 heterocycles. The van der Waals surface area contributed by atoms with Gasteiger partial charge in [-0.15, -0.1) is 0 Å². The molecule has 0 aromatic heterocycles. The maximum Gasteiger partial charge on any atom is 0.259 e. The molecule has 27 heavy (non-hydrogen) atoms. The molecule has 0 aliphatic rings. The third-order valence-electron chi connectivity index (χ3n) is 3.76. The van der Waals surface area contributed by atoms with Gasteiger partial charge in [-0.2, -0.15) is 5.10 Å². The molecule has 0 bridgehead atoms. The van der Waals surface area contributed by atoms with Gasteiger partial charge in [0.25, 0.3) is 5.91 Å². The first-order valence-electron chi connectivity index (χ1n) is 8.67. The summed E-state index contributed by atoms with van der Waals surface area (Å²) in [5.74, 6) is 0.574. The fraction of sp³-hybridized carbons (Fsp3) is 0.0909. The van der Waals surface area contributed by atoms with Crippen LogP contribution >= 0.6 is 0 Å². The minimum absolute atomic E-state index is 0.160. The van der Waals surface area contributed by atoms with E-state index in [0.717, 1.165) is 22.6 Å². The number of hydrogen-bond donors (Lipinski definition) is 2. The van der Waals surface area contributed by atoms with E-state index in [1.165, 1.54) is 0 Å². The Kier molecular flexibility index (Phi) is 6.59. The molecule has 0 atom stereocenters. The fourth-order valence-corrected chi connectivity index (χ4v) is 2.35. The standard InChI is InChI=1S/C22H21N3O2/c26-22(16-23-20-9-5-2-6-10-20)25-24-15-18-11-13-21(14-12-18)27-17-19-7-3-1-4-8-19/h1-15,23H,16-17H2,(H,25,26)/b24-15-. The average Bonchev–Trinajstić information content (AvgIpc) is 2.73. The van der Waals surface area contributed by atoms with E-state index < -0.39 is 0 Å². The third kappa shape index (κ3) is 6.32. The quantitative estimate of drug-likeness (QED) is 0.475. The lowest BCUT2D eigenvalue weighted by molar-refractivity contribution is -0.119. The number of para-hydroxylation sites is 1. The predicted octanol–water partition coefficient (Wildman–Crippen LogP) is 3.83. The Morgan fingerprint density at radius 2 is 1.56 bits per heavy atom. The minimum atomic E-state index is -0.210. The molecule has 0 aliphatic carbocycles. The number of hydrogen-bond acceptors (Lipinski definition) is 4. The molecule has 0 radical (unpaired) electrons. The van der Waals surface area contributed by atoms with Crippen LogP contribution in [-0.2, 0) is 11.4 Å². The van der Waals surface area contributed by atoms with Gasteiger partial charge in [-0.1, -0.05) is 48.5 Å². The van der Waals surface area contributed by atoms with Crippen LogP contribution in [0.15, 0.2) is 90.0 Å². The van der Waals surface area contributed by atoms with Gasteiger partial charge >= 0.3 is 0 Å². The molecular formula is C22H21N3O2. The van der Waals surface area contributed by atoms with Gasteiger partial charge in [0, 0.05) is 5.69 Å². The maximum absolute atomic E-state index is 11.8. The number of benzene rings is 3. The molecule has 3 aromatic rings. The third-order valence-corrected chi connectivity index (χ3v) is 3.76. The predicted molar refractivity (Wildman–Crippen MR) is 108 cm³/mol. The molecule has 0 fully saturated rings. The zero-order chi connectivity index (χ0) is 18.7. The van der Waals surface area contributed by atoms with Crippen molar-refractivity contribution < 1.29 is 9.53 Å². The number of ether oxygens (including phenoxy) is 1. The van der Waals surface area contributed by atoms with E-state index in [2.05, 4.69) is 15.8 Å². The Morgan fingerprint density at radius 3 is 2.26 bits per heavy atom. The number of rotatable bonds is 8. The molecule has 1 amide bonds. The first-order chi connectivity index (χ1) is 13.3. The molecule has 0 aliphatic heterocycles. The van der Waals surface area contributed by atoms with E-state index in [9.17, 15) is 4.79 Å². The lowest BCUT2D eigenvalue weighted by Gasteiger charge is -2.06. The van der Waals surface area contributed by atoms with Gasteiger partial charge in [-0.3, -0.25) is 4.79 Å². The monoisotopic (exact) mass is 359 g/mol. The van der Waals surface area contributed by atoms with E-state index in [4.69, 9.17) is 4.74 Å². The van der Waals surface area contributed by atoms with Crippen LogP contribution in [0.4, 0.5) is 5.69 Å². The van der Waals surface area contributed by atoms with Crippen LogP contribution in [0.5, 0.6) is 5.75 Å². The molecule has 0 spiro atoms. The van der Waals surface area contributed by atoms with Crippen molar-refractivity contribution in [1.29, 1.82) is 0 Å². The number of anilines is 1. The van der Waals surface area contributed by atoms with Gasteiger partial charge in [-0.05, 0) is 47.5 Å². The highest BCUT2D eigenvalue weighted by Gasteiger charge is 1.99. The smallest absolute Gasteiger partial charge is 0.259 e. The lowest BCUT2D eigenvalue weighted by atomic mass is 10.2. The van der Waals surface area contributed by atoms with Gasteiger partial charge in [0.05, 0.1) is 12.8 Å². The molecule has 3 rings (SSSR count). The van der Waals surface area contributed by atoms with Crippen molar-refractivity contribution >= 4 is 17.8 Å². The van der Waals surface area contributed by atoms with Crippen molar-refractivity contribution in [2.24, 2.45) is 5.10 Å². The first-order valence-corrected chi connectivity index (χ1v) is 8.67. The molecule has 0 unspecified atom stereocenters. The summed E-state index contributed by atoms with van der Waals surface area (Å²) in [5, 5.41) is 7.00. The van der Waals surface area contributed by atoms with Gasteiger partial charge in [-0.25, -0.2) is 5.43 Å². The molecule has 2 N–H and O–H groups in total. The van der Waals surface area contributed by atoms with Crippen LogP contribution in [0.2, 0.25) is 0 Å². The average molecular weight is 359 g/mol. The maximum atomic E-state index is 11.8. The van der Waals surface area contributed by atoms with Gasteiger partial charge in [0.1, 0.15) is 12.4 Å². The van der Waals surface area contributed by atoms with Gasteiger partial charge in [0.15, 0.2) is 0 Å². The molecule has 0 saturated carbocycles. The number of nitrogens with zero attached hydrogens (tertiary/aromatic N) is 1. The summed E-state index contributed by atoms with van der Waals surface area (Å²) in [5.41, 5.74) is 5.38. The normalized spacial score (nSPS) is 10.5. The van der Waals surface area contributed by atoms with Crippen LogP contribution in [0, 0.1) is 0 Å². The Hall–Kier alpha value is -3.60. The van der Waals surface area contributed by atoms with E-state index >= 15 is 0 Å². The van der Waals surface area contributed by atoms with Crippen molar-refractivity contribution in [2.45, 2.75) is 6.61 Å². The number of hydrazone groups is 1. The van der Waals surface area contributed by atoms with E-state index in [1.54, 1.807) is 6.21 Å². The summed E-state index contributed by atoms with van der Waals surface area (Å²) < 4.78 is 5.74. The minimum Gasteiger partial charge on any atom is -0.489 e. The van der Waals surface area contributed by atoms with Gasteiger partial charge < -0.3 is 10.1 Å². The summed E-state index contributed by atoms with van der Waals surface area (Å²) >= 11 is 0. The van der Waals surface area contributed by atoms with Crippen molar-refractivity contribution in [3.8, 4) is 5.75 Å². The van der Waals surface area contributed by atoms with Crippen LogP contribution in [-0.4, -0.2) is 18.7 Å². The highest BCUT2D eigenvalue weighted by Crippen LogP contribution is 2.13. The van der Waals surface area contributed by atoms with Crippen molar-refractivity contribution in [3.63, 3.8) is 0 Å². The lowest BCUT2D eigenvalue weighted by Crippen LogP contribution is -2.25. The van der Waals surface area contributed by atoms with Crippen LogP contribution in [0.25, 0.3) is 0 Å². The molecule has 5 nitrogen and oxygen atoms in total. The topological polar surface area (TPSA) is 62.7 Å². The highest BCUT2D eigenvalue weighted by atomic mass is 16.5. The van der Waals surface area contributed by atoms with E-state index in [1.807, 2.05) is 84.9 Å².